The molecule has 3 rings (SSSR count). The molecule has 0 aliphatic heterocycles. The second-order valence-corrected chi connectivity index (χ2v) is 5.94. The van der Waals surface area contributed by atoms with Crippen molar-refractivity contribution in [1.82, 2.24) is 15.3 Å². The van der Waals surface area contributed by atoms with Crippen LogP contribution in [0.4, 0.5) is 24.7 Å². The Morgan fingerprint density at radius 2 is 1.80 bits per heavy atom. The summed E-state index contributed by atoms with van der Waals surface area (Å²) in [6.45, 7) is 0. The van der Waals surface area contributed by atoms with Gasteiger partial charge in [0, 0.05) is 12.1 Å². The molecule has 25 heavy (non-hydrogen) atoms. The Labute approximate surface area is 142 Å². The van der Waals surface area contributed by atoms with Gasteiger partial charge in [0.05, 0.1) is 5.69 Å². The van der Waals surface area contributed by atoms with Crippen LogP contribution in [0.1, 0.15) is 42.6 Å². The zero-order valence-electron chi connectivity index (χ0n) is 13.4. The molecule has 0 unspecified atom stereocenters. The highest BCUT2D eigenvalue weighted by Gasteiger charge is 2.18. The highest BCUT2D eigenvalue weighted by Crippen LogP contribution is 2.23. The Balaban J connectivity index is 1.73. The fraction of sp³-hybridized carbons (Fsp3) is 0.353. The largest absolute Gasteiger partial charge is 0.348 e. The Morgan fingerprint density at radius 3 is 2.56 bits per heavy atom. The number of nitrogens with one attached hydrogen (secondary N) is 2. The molecule has 1 aromatic carbocycles. The third-order valence-corrected chi connectivity index (χ3v) is 4.14. The first-order valence-electron chi connectivity index (χ1n) is 8.08. The molecule has 8 heteroatoms. The Morgan fingerprint density at radius 1 is 1.04 bits per heavy atom. The van der Waals surface area contributed by atoms with Gasteiger partial charge in [-0.15, -0.1) is 0 Å². The number of amides is 1. The van der Waals surface area contributed by atoms with Crippen molar-refractivity contribution in [2.24, 2.45) is 0 Å². The van der Waals surface area contributed by atoms with Crippen LogP contribution in [-0.2, 0) is 0 Å². The zero-order valence-corrected chi connectivity index (χ0v) is 13.4. The van der Waals surface area contributed by atoms with Crippen LogP contribution in [0.5, 0.6) is 0 Å². The highest BCUT2D eigenvalue weighted by atomic mass is 19.2. The molecule has 0 bridgehead atoms. The predicted molar refractivity (Wildman–Crippen MR) is 86.0 cm³/mol. The van der Waals surface area contributed by atoms with Crippen LogP contribution in [0, 0.1) is 17.5 Å². The Hall–Kier alpha value is -2.64. The van der Waals surface area contributed by atoms with E-state index in [2.05, 4.69) is 20.6 Å². The fourth-order valence-corrected chi connectivity index (χ4v) is 2.82. The van der Waals surface area contributed by atoms with Crippen LogP contribution in [0.3, 0.4) is 0 Å². The first-order valence-corrected chi connectivity index (χ1v) is 8.08. The van der Waals surface area contributed by atoms with E-state index in [-0.39, 0.29) is 29.1 Å². The van der Waals surface area contributed by atoms with E-state index < -0.39 is 17.5 Å². The average molecular weight is 350 g/mol. The lowest BCUT2D eigenvalue weighted by Crippen LogP contribution is -2.36. The second kappa shape index (κ2) is 7.50. The number of hydrogen-bond acceptors (Lipinski definition) is 4. The van der Waals surface area contributed by atoms with Gasteiger partial charge in [0.1, 0.15) is 17.8 Å². The number of anilines is 2. The normalized spacial score (nSPS) is 15.0. The number of hydrogen-bond donors (Lipinski definition) is 2. The Kier molecular flexibility index (Phi) is 5.16. The van der Waals surface area contributed by atoms with Crippen molar-refractivity contribution >= 4 is 17.4 Å². The maximum atomic E-state index is 13.7. The number of benzene rings is 1. The lowest BCUT2D eigenvalue weighted by Gasteiger charge is -2.22. The third-order valence-electron chi connectivity index (χ3n) is 4.14. The molecular formula is C17H17F3N4O. The van der Waals surface area contributed by atoms with E-state index in [1.54, 1.807) is 0 Å². The van der Waals surface area contributed by atoms with Crippen molar-refractivity contribution < 1.29 is 18.0 Å². The van der Waals surface area contributed by atoms with Crippen LogP contribution in [0.15, 0.2) is 24.5 Å². The van der Waals surface area contributed by atoms with E-state index in [1.165, 1.54) is 12.5 Å². The van der Waals surface area contributed by atoms with Crippen LogP contribution < -0.4 is 10.6 Å². The lowest BCUT2D eigenvalue weighted by atomic mass is 9.95. The van der Waals surface area contributed by atoms with Crippen molar-refractivity contribution in [3.63, 3.8) is 0 Å². The molecule has 0 radical (unpaired) electrons. The van der Waals surface area contributed by atoms with Gasteiger partial charge >= 0.3 is 0 Å². The molecule has 0 atom stereocenters. The summed E-state index contributed by atoms with van der Waals surface area (Å²) in [7, 11) is 0. The van der Waals surface area contributed by atoms with E-state index >= 15 is 0 Å². The van der Waals surface area contributed by atoms with E-state index in [0.717, 1.165) is 44.1 Å². The maximum Gasteiger partial charge on any atom is 0.270 e. The molecule has 0 saturated heterocycles. The molecule has 1 aromatic heterocycles. The average Bonchev–Trinajstić information content (AvgIpc) is 2.63. The van der Waals surface area contributed by atoms with Crippen LogP contribution >= 0.6 is 0 Å². The van der Waals surface area contributed by atoms with Gasteiger partial charge in [-0.2, -0.15) is 0 Å². The predicted octanol–water partition coefficient (Wildman–Crippen LogP) is 3.70. The van der Waals surface area contributed by atoms with Gasteiger partial charge in [-0.3, -0.25) is 4.79 Å². The molecule has 1 amide bonds. The summed E-state index contributed by atoms with van der Waals surface area (Å²) in [6, 6.07) is 3.31. The third kappa shape index (κ3) is 4.07. The van der Waals surface area contributed by atoms with E-state index in [1.807, 2.05) is 0 Å². The minimum Gasteiger partial charge on any atom is -0.348 e. The van der Waals surface area contributed by atoms with Gasteiger partial charge in [0.25, 0.3) is 5.91 Å². The topological polar surface area (TPSA) is 66.9 Å². The van der Waals surface area contributed by atoms with E-state index in [0.29, 0.717) is 0 Å². The number of carbonyl (C=O) groups is 1. The van der Waals surface area contributed by atoms with E-state index in [9.17, 15) is 18.0 Å². The number of halogens is 3. The SMILES string of the molecule is O=C(NC1CCCCC1)c1cc(Nc2ccc(F)c(F)c2F)ncn1. The van der Waals surface area contributed by atoms with Crippen LogP contribution in [-0.4, -0.2) is 21.9 Å². The van der Waals surface area contributed by atoms with Gasteiger partial charge in [-0.1, -0.05) is 19.3 Å². The first-order chi connectivity index (χ1) is 12.0. The minimum atomic E-state index is -1.57. The van der Waals surface area contributed by atoms with Crippen molar-refractivity contribution in [1.29, 1.82) is 0 Å². The Bertz CT molecular complexity index is 778. The van der Waals surface area contributed by atoms with Crippen LogP contribution in [0.25, 0.3) is 0 Å². The van der Waals surface area contributed by atoms with Crippen molar-refractivity contribution in [2.45, 2.75) is 38.1 Å². The number of carbonyl (C=O) groups excluding carboxylic acids is 1. The standard InChI is InChI=1S/C17H17F3N4O/c18-11-6-7-12(16(20)15(11)19)24-14-8-13(21-9-22-14)17(25)23-10-4-2-1-3-5-10/h6-10H,1-5H2,(H,23,25)(H,21,22,24). The molecule has 1 heterocycles. The number of rotatable bonds is 4. The van der Waals surface area contributed by atoms with Gasteiger partial charge in [0.2, 0.25) is 0 Å². The van der Waals surface area contributed by atoms with Crippen LogP contribution in [0.2, 0.25) is 0 Å². The first kappa shape index (κ1) is 17.2. The molecule has 2 aromatic rings. The maximum absolute atomic E-state index is 13.7. The van der Waals surface area contributed by atoms with Gasteiger partial charge < -0.3 is 10.6 Å². The molecule has 1 aliphatic carbocycles. The van der Waals surface area contributed by atoms with Crippen molar-refractivity contribution in [3.8, 4) is 0 Å². The zero-order chi connectivity index (χ0) is 17.8. The molecule has 1 saturated carbocycles. The fourth-order valence-electron chi connectivity index (χ4n) is 2.82. The monoisotopic (exact) mass is 350 g/mol. The second-order valence-electron chi connectivity index (χ2n) is 5.94. The summed E-state index contributed by atoms with van der Waals surface area (Å²) < 4.78 is 40.0. The number of aromatic nitrogens is 2. The lowest BCUT2D eigenvalue weighted by molar-refractivity contribution is 0.0922. The molecule has 1 aliphatic rings. The van der Waals surface area contributed by atoms with E-state index in [4.69, 9.17) is 0 Å². The quantitative estimate of drug-likeness (QED) is 0.825. The molecule has 5 nitrogen and oxygen atoms in total. The summed E-state index contributed by atoms with van der Waals surface area (Å²) in [5.41, 5.74) is -0.165. The summed E-state index contributed by atoms with van der Waals surface area (Å²) in [5.74, 6) is -4.45. The van der Waals surface area contributed by atoms with Crippen molar-refractivity contribution in [2.75, 3.05) is 5.32 Å². The smallest absolute Gasteiger partial charge is 0.270 e. The van der Waals surface area contributed by atoms with Gasteiger partial charge in [-0.25, -0.2) is 23.1 Å². The summed E-state index contributed by atoms with van der Waals surface area (Å²) in [5, 5.41) is 5.44. The van der Waals surface area contributed by atoms with Gasteiger partial charge in [-0.05, 0) is 25.0 Å². The minimum absolute atomic E-state index is 0.105. The molecular weight excluding hydrogens is 333 g/mol. The van der Waals surface area contributed by atoms with Gasteiger partial charge in [0.15, 0.2) is 17.5 Å². The molecule has 132 valence electrons. The highest BCUT2D eigenvalue weighted by molar-refractivity contribution is 5.93. The summed E-state index contributed by atoms with van der Waals surface area (Å²) in [4.78, 5) is 20.1. The van der Waals surface area contributed by atoms with Crippen molar-refractivity contribution in [3.05, 3.63) is 47.7 Å². The number of nitrogens with zero attached hydrogens (tertiary/aromatic N) is 2. The molecule has 2 N–H and O–H groups in total. The summed E-state index contributed by atoms with van der Waals surface area (Å²) >= 11 is 0. The summed E-state index contributed by atoms with van der Waals surface area (Å²) in [6.07, 6.45) is 6.35. The molecule has 0 spiro atoms. The molecule has 1 fully saturated rings.